The van der Waals surface area contributed by atoms with Gasteiger partial charge >= 0.3 is 0 Å². The number of amides is 1. The lowest BCUT2D eigenvalue weighted by Gasteiger charge is -2.32. The lowest BCUT2D eigenvalue weighted by Crippen LogP contribution is -2.42. The predicted molar refractivity (Wildman–Crippen MR) is 102 cm³/mol. The van der Waals surface area contributed by atoms with E-state index in [-0.39, 0.29) is 36.8 Å². The molecule has 0 radical (unpaired) electrons. The predicted octanol–water partition coefficient (Wildman–Crippen LogP) is 2.72. The molecule has 2 aliphatic rings. The number of aromatic nitrogens is 1. The molecule has 3 rings (SSSR count). The Kier molecular flexibility index (Phi) is 8.27. The summed E-state index contributed by atoms with van der Waals surface area (Å²) in [5, 5.41) is 0. The highest BCUT2D eigenvalue weighted by Gasteiger charge is 2.22. The second-order valence-corrected chi connectivity index (χ2v) is 6.70. The molecule has 7 heteroatoms. The van der Waals surface area contributed by atoms with Crippen LogP contribution >= 0.6 is 24.8 Å². The standard InChI is InChI=1S/C17H26N4O.2ClH/c1-13-4-8-20(9-5-13)16-3-2-14(12-19-16)17(22)21-10-6-15(18)7-11-21;;/h2-3,12-13,15H,4-11,18H2,1H3;2*1H. The molecule has 2 N–H and O–H groups in total. The Balaban J connectivity index is 0.00000144. The highest BCUT2D eigenvalue weighted by atomic mass is 35.5. The van der Waals surface area contributed by atoms with Gasteiger partial charge in [-0.25, -0.2) is 4.98 Å². The van der Waals surface area contributed by atoms with Gasteiger partial charge in [-0.05, 0) is 43.7 Å². The fourth-order valence-corrected chi connectivity index (χ4v) is 3.22. The van der Waals surface area contributed by atoms with Gasteiger partial charge in [-0.2, -0.15) is 0 Å². The first-order chi connectivity index (χ1) is 10.6. The average molecular weight is 375 g/mol. The van der Waals surface area contributed by atoms with E-state index in [4.69, 9.17) is 5.73 Å². The van der Waals surface area contributed by atoms with Crippen molar-refractivity contribution >= 4 is 36.5 Å². The van der Waals surface area contributed by atoms with Crippen molar-refractivity contribution < 1.29 is 4.79 Å². The molecule has 136 valence electrons. The normalized spacial score (nSPS) is 19.4. The van der Waals surface area contributed by atoms with Crippen molar-refractivity contribution in [3.8, 4) is 0 Å². The Morgan fingerprint density at radius 3 is 2.25 bits per heavy atom. The molecule has 1 amide bonds. The summed E-state index contributed by atoms with van der Waals surface area (Å²) >= 11 is 0. The van der Waals surface area contributed by atoms with Crippen molar-refractivity contribution in [1.29, 1.82) is 0 Å². The van der Waals surface area contributed by atoms with Crippen molar-refractivity contribution in [3.63, 3.8) is 0 Å². The third-order valence-electron chi connectivity index (χ3n) is 4.93. The van der Waals surface area contributed by atoms with Crippen LogP contribution in [0.25, 0.3) is 0 Å². The van der Waals surface area contributed by atoms with Crippen LogP contribution < -0.4 is 10.6 Å². The van der Waals surface area contributed by atoms with Crippen LogP contribution in [-0.2, 0) is 0 Å². The largest absolute Gasteiger partial charge is 0.357 e. The van der Waals surface area contributed by atoms with Crippen LogP contribution in [0, 0.1) is 5.92 Å². The van der Waals surface area contributed by atoms with Gasteiger partial charge in [-0.3, -0.25) is 4.79 Å². The molecule has 0 aromatic carbocycles. The number of pyridine rings is 1. The molecule has 0 saturated carbocycles. The molecular weight excluding hydrogens is 347 g/mol. The number of rotatable bonds is 2. The van der Waals surface area contributed by atoms with Crippen LogP contribution in [0.4, 0.5) is 5.82 Å². The fourth-order valence-electron chi connectivity index (χ4n) is 3.22. The van der Waals surface area contributed by atoms with Crippen LogP contribution in [0.1, 0.15) is 43.0 Å². The minimum atomic E-state index is 0. The number of hydrogen-bond acceptors (Lipinski definition) is 4. The number of nitrogens with zero attached hydrogens (tertiary/aromatic N) is 3. The minimum absolute atomic E-state index is 0. The smallest absolute Gasteiger partial charge is 0.255 e. The van der Waals surface area contributed by atoms with E-state index in [0.29, 0.717) is 5.56 Å². The zero-order chi connectivity index (χ0) is 15.5. The summed E-state index contributed by atoms with van der Waals surface area (Å²) in [6.07, 6.45) is 5.95. The molecule has 2 saturated heterocycles. The molecule has 0 bridgehead atoms. The SMILES string of the molecule is CC1CCN(c2ccc(C(=O)N3CCC(N)CC3)cn2)CC1.Cl.Cl. The molecule has 5 nitrogen and oxygen atoms in total. The maximum Gasteiger partial charge on any atom is 0.255 e. The molecule has 1 aromatic heterocycles. The lowest BCUT2D eigenvalue weighted by molar-refractivity contribution is 0.0714. The number of likely N-dealkylation sites (tertiary alicyclic amines) is 1. The summed E-state index contributed by atoms with van der Waals surface area (Å²) in [5.74, 6) is 1.88. The Morgan fingerprint density at radius 2 is 1.71 bits per heavy atom. The lowest BCUT2D eigenvalue weighted by atomic mass is 9.99. The highest BCUT2D eigenvalue weighted by molar-refractivity contribution is 5.94. The van der Waals surface area contributed by atoms with Crippen molar-refractivity contribution in [3.05, 3.63) is 23.9 Å². The summed E-state index contributed by atoms with van der Waals surface area (Å²) < 4.78 is 0. The first-order valence-corrected chi connectivity index (χ1v) is 8.39. The van der Waals surface area contributed by atoms with E-state index < -0.39 is 0 Å². The summed E-state index contributed by atoms with van der Waals surface area (Å²) in [6, 6.07) is 4.14. The van der Waals surface area contributed by atoms with Gasteiger partial charge < -0.3 is 15.5 Å². The van der Waals surface area contributed by atoms with Gasteiger partial charge in [0, 0.05) is 38.4 Å². The van der Waals surface area contributed by atoms with Crippen LogP contribution in [0.3, 0.4) is 0 Å². The number of carbonyl (C=O) groups is 1. The van der Waals surface area contributed by atoms with Gasteiger partial charge in [-0.15, -0.1) is 24.8 Å². The van der Waals surface area contributed by atoms with Gasteiger partial charge in [0.25, 0.3) is 5.91 Å². The first-order valence-electron chi connectivity index (χ1n) is 8.39. The Labute approximate surface area is 156 Å². The van der Waals surface area contributed by atoms with E-state index in [2.05, 4.69) is 16.8 Å². The number of hydrogen-bond donors (Lipinski definition) is 1. The van der Waals surface area contributed by atoms with Crippen molar-refractivity contribution in [2.45, 2.75) is 38.6 Å². The Bertz CT molecular complexity index is 510. The summed E-state index contributed by atoms with van der Waals surface area (Å²) in [4.78, 5) is 21.2. The molecule has 0 aliphatic carbocycles. The molecule has 0 unspecified atom stereocenters. The topological polar surface area (TPSA) is 62.5 Å². The third-order valence-corrected chi connectivity index (χ3v) is 4.93. The average Bonchev–Trinajstić information content (AvgIpc) is 2.56. The van der Waals surface area contributed by atoms with Gasteiger partial charge in [0.1, 0.15) is 5.82 Å². The number of nitrogens with two attached hydrogens (primary N) is 1. The molecule has 1 aromatic rings. The fraction of sp³-hybridized carbons (Fsp3) is 0.647. The molecule has 24 heavy (non-hydrogen) atoms. The van der Waals surface area contributed by atoms with Crippen LogP contribution in [0.2, 0.25) is 0 Å². The maximum absolute atomic E-state index is 12.5. The van der Waals surface area contributed by atoms with Gasteiger partial charge in [0.05, 0.1) is 5.56 Å². The third kappa shape index (κ3) is 4.98. The van der Waals surface area contributed by atoms with E-state index in [0.717, 1.165) is 50.8 Å². The maximum atomic E-state index is 12.5. The number of piperidine rings is 2. The number of halogens is 2. The van der Waals surface area contributed by atoms with E-state index in [9.17, 15) is 4.79 Å². The van der Waals surface area contributed by atoms with Gasteiger partial charge in [0.2, 0.25) is 0 Å². The minimum Gasteiger partial charge on any atom is -0.357 e. The van der Waals surface area contributed by atoms with Gasteiger partial charge in [0.15, 0.2) is 0 Å². The highest BCUT2D eigenvalue weighted by Crippen LogP contribution is 2.21. The second-order valence-electron chi connectivity index (χ2n) is 6.70. The van der Waals surface area contributed by atoms with E-state index in [1.807, 2.05) is 17.0 Å². The zero-order valence-electron chi connectivity index (χ0n) is 14.2. The molecule has 0 atom stereocenters. The van der Waals surface area contributed by atoms with E-state index >= 15 is 0 Å². The van der Waals surface area contributed by atoms with Crippen molar-refractivity contribution in [1.82, 2.24) is 9.88 Å². The van der Waals surface area contributed by atoms with Crippen molar-refractivity contribution in [2.75, 3.05) is 31.1 Å². The van der Waals surface area contributed by atoms with Crippen LogP contribution in [-0.4, -0.2) is 48.0 Å². The first kappa shape index (κ1) is 21.0. The summed E-state index contributed by atoms with van der Waals surface area (Å²) in [6.45, 7) is 5.94. The number of carbonyl (C=O) groups excluding carboxylic acids is 1. The Morgan fingerprint density at radius 1 is 1.08 bits per heavy atom. The molecule has 2 fully saturated rings. The number of anilines is 1. The molecular formula is C17H28Cl2N4O. The monoisotopic (exact) mass is 374 g/mol. The van der Waals surface area contributed by atoms with E-state index in [1.165, 1.54) is 12.8 Å². The zero-order valence-corrected chi connectivity index (χ0v) is 15.8. The van der Waals surface area contributed by atoms with Crippen LogP contribution in [0.5, 0.6) is 0 Å². The molecule has 0 spiro atoms. The summed E-state index contributed by atoms with van der Waals surface area (Å²) in [5.41, 5.74) is 6.58. The van der Waals surface area contributed by atoms with Gasteiger partial charge in [-0.1, -0.05) is 6.92 Å². The van der Waals surface area contributed by atoms with E-state index in [1.54, 1.807) is 6.20 Å². The van der Waals surface area contributed by atoms with Crippen LogP contribution in [0.15, 0.2) is 18.3 Å². The Hall–Kier alpha value is -1.04. The van der Waals surface area contributed by atoms with Crippen molar-refractivity contribution in [2.24, 2.45) is 11.7 Å². The summed E-state index contributed by atoms with van der Waals surface area (Å²) in [7, 11) is 0. The molecule has 2 aliphatic heterocycles. The molecule has 3 heterocycles. The second kappa shape index (κ2) is 9.44. The quantitative estimate of drug-likeness (QED) is 0.864.